The summed E-state index contributed by atoms with van der Waals surface area (Å²) < 4.78 is 1.66. The van der Waals surface area contributed by atoms with E-state index in [1.807, 2.05) is 0 Å². The monoisotopic (exact) mass is 224 g/mol. The third-order valence-electron chi connectivity index (χ3n) is 2.82. The second-order valence-electron chi connectivity index (χ2n) is 3.95. The molecular weight excluding hydrogens is 208 g/mol. The Morgan fingerprint density at radius 1 is 1.44 bits per heavy atom. The van der Waals surface area contributed by atoms with Gasteiger partial charge >= 0.3 is 5.97 Å². The van der Waals surface area contributed by atoms with Crippen molar-refractivity contribution in [2.75, 3.05) is 31.1 Å². The van der Waals surface area contributed by atoms with E-state index in [-0.39, 0.29) is 0 Å². The Morgan fingerprint density at radius 3 is 2.62 bits per heavy atom. The number of hydrogen-bond donors (Lipinski definition) is 2. The van der Waals surface area contributed by atoms with Crippen LogP contribution in [-0.4, -0.2) is 47.0 Å². The molecule has 0 unspecified atom stereocenters. The standard InChI is InChI=1S/C10H16N4O2/c1-7-8(10(15)16)9(13(2)12-7)14-5-3-11-4-6-14/h11H,3-6H2,1-2H3,(H,15,16). The van der Waals surface area contributed by atoms with Crippen LogP contribution in [0.1, 0.15) is 16.1 Å². The number of carboxylic acid groups (broad SMARTS) is 1. The number of carboxylic acids is 1. The number of nitrogens with zero attached hydrogens (tertiary/aromatic N) is 3. The van der Waals surface area contributed by atoms with E-state index in [2.05, 4.69) is 15.3 Å². The predicted octanol–water partition coefficient (Wildman–Crippen LogP) is -0.164. The molecule has 0 atom stereocenters. The number of piperazine rings is 1. The highest BCUT2D eigenvalue weighted by atomic mass is 16.4. The predicted molar refractivity (Wildman–Crippen MR) is 60.0 cm³/mol. The molecule has 0 bridgehead atoms. The molecule has 1 aromatic rings. The minimum absolute atomic E-state index is 0.324. The molecular formula is C10H16N4O2. The lowest BCUT2D eigenvalue weighted by molar-refractivity contribution is 0.0696. The lowest BCUT2D eigenvalue weighted by Gasteiger charge is -2.29. The average molecular weight is 224 g/mol. The number of nitrogens with one attached hydrogen (secondary N) is 1. The normalized spacial score (nSPS) is 16.5. The van der Waals surface area contributed by atoms with Crippen molar-refractivity contribution in [3.05, 3.63) is 11.3 Å². The molecule has 88 valence electrons. The van der Waals surface area contributed by atoms with E-state index in [9.17, 15) is 9.90 Å². The van der Waals surface area contributed by atoms with Gasteiger partial charge in [-0.05, 0) is 6.92 Å². The molecule has 1 aliphatic rings. The summed E-state index contributed by atoms with van der Waals surface area (Å²) in [6.07, 6.45) is 0. The number of rotatable bonds is 2. The fourth-order valence-electron chi connectivity index (χ4n) is 2.14. The van der Waals surface area contributed by atoms with Crippen molar-refractivity contribution in [1.29, 1.82) is 0 Å². The zero-order chi connectivity index (χ0) is 11.7. The number of anilines is 1. The molecule has 0 amide bonds. The van der Waals surface area contributed by atoms with Gasteiger partial charge < -0.3 is 15.3 Å². The summed E-state index contributed by atoms with van der Waals surface area (Å²) in [5.41, 5.74) is 0.896. The van der Waals surface area contributed by atoms with Gasteiger partial charge in [-0.2, -0.15) is 5.10 Å². The Labute approximate surface area is 93.9 Å². The van der Waals surface area contributed by atoms with Crippen molar-refractivity contribution in [2.45, 2.75) is 6.92 Å². The summed E-state index contributed by atoms with van der Waals surface area (Å²) in [5.74, 6) is -0.189. The van der Waals surface area contributed by atoms with Gasteiger partial charge in [0.15, 0.2) is 0 Å². The lowest BCUT2D eigenvalue weighted by atomic mass is 10.2. The van der Waals surface area contributed by atoms with Crippen LogP contribution >= 0.6 is 0 Å². The fourth-order valence-corrected chi connectivity index (χ4v) is 2.14. The van der Waals surface area contributed by atoms with Gasteiger partial charge in [0.25, 0.3) is 0 Å². The molecule has 2 rings (SSSR count). The van der Waals surface area contributed by atoms with Crippen LogP contribution in [0.2, 0.25) is 0 Å². The highest BCUT2D eigenvalue weighted by Crippen LogP contribution is 2.23. The van der Waals surface area contributed by atoms with Crippen LogP contribution in [0.3, 0.4) is 0 Å². The zero-order valence-electron chi connectivity index (χ0n) is 9.53. The van der Waals surface area contributed by atoms with Gasteiger partial charge in [0.05, 0.1) is 5.69 Å². The molecule has 1 aromatic heterocycles. The van der Waals surface area contributed by atoms with Crippen molar-refractivity contribution >= 4 is 11.8 Å². The summed E-state index contributed by atoms with van der Waals surface area (Å²) in [4.78, 5) is 13.3. The smallest absolute Gasteiger partial charge is 0.341 e. The second-order valence-corrected chi connectivity index (χ2v) is 3.95. The van der Waals surface area contributed by atoms with Crippen LogP contribution in [0, 0.1) is 6.92 Å². The first kappa shape index (κ1) is 10.9. The molecule has 6 nitrogen and oxygen atoms in total. The average Bonchev–Trinajstić information content (AvgIpc) is 2.55. The van der Waals surface area contributed by atoms with Crippen molar-refractivity contribution in [1.82, 2.24) is 15.1 Å². The quantitative estimate of drug-likeness (QED) is 0.730. The van der Waals surface area contributed by atoms with E-state index in [1.165, 1.54) is 0 Å². The molecule has 16 heavy (non-hydrogen) atoms. The lowest BCUT2D eigenvalue weighted by Crippen LogP contribution is -2.44. The molecule has 6 heteroatoms. The fraction of sp³-hybridized carbons (Fsp3) is 0.600. The molecule has 0 radical (unpaired) electrons. The van der Waals surface area contributed by atoms with E-state index in [0.29, 0.717) is 17.1 Å². The molecule has 0 saturated carbocycles. The van der Waals surface area contributed by atoms with Gasteiger partial charge in [0.1, 0.15) is 11.4 Å². The van der Waals surface area contributed by atoms with Crippen LogP contribution in [0.5, 0.6) is 0 Å². The molecule has 0 aliphatic carbocycles. The van der Waals surface area contributed by atoms with E-state index in [0.717, 1.165) is 26.2 Å². The summed E-state index contributed by atoms with van der Waals surface area (Å²) in [6, 6.07) is 0. The van der Waals surface area contributed by atoms with Gasteiger partial charge in [-0.15, -0.1) is 0 Å². The van der Waals surface area contributed by atoms with Crippen molar-refractivity contribution < 1.29 is 9.90 Å². The zero-order valence-corrected chi connectivity index (χ0v) is 9.53. The minimum Gasteiger partial charge on any atom is -0.477 e. The van der Waals surface area contributed by atoms with E-state index in [4.69, 9.17) is 0 Å². The van der Waals surface area contributed by atoms with Gasteiger partial charge in [-0.25, -0.2) is 4.79 Å². The maximum atomic E-state index is 11.2. The third-order valence-corrected chi connectivity index (χ3v) is 2.82. The van der Waals surface area contributed by atoms with Crippen molar-refractivity contribution in [2.24, 2.45) is 7.05 Å². The molecule has 0 spiro atoms. The Kier molecular flexibility index (Phi) is 2.82. The van der Waals surface area contributed by atoms with Gasteiger partial charge in [-0.3, -0.25) is 4.68 Å². The maximum Gasteiger partial charge on any atom is 0.341 e. The first-order chi connectivity index (χ1) is 7.61. The Balaban J connectivity index is 2.41. The van der Waals surface area contributed by atoms with Crippen molar-refractivity contribution in [3.8, 4) is 0 Å². The summed E-state index contributed by atoms with van der Waals surface area (Å²) in [6.45, 7) is 5.13. The van der Waals surface area contributed by atoms with E-state index >= 15 is 0 Å². The number of aromatic carboxylic acids is 1. The van der Waals surface area contributed by atoms with Crippen LogP contribution in [0.25, 0.3) is 0 Å². The Morgan fingerprint density at radius 2 is 2.06 bits per heavy atom. The van der Waals surface area contributed by atoms with Gasteiger partial charge in [-0.1, -0.05) is 0 Å². The molecule has 1 aliphatic heterocycles. The topological polar surface area (TPSA) is 70.4 Å². The van der Waals surface area contributed by atoms with Gasteiger partial charge in [0, 0.05) is 33.2 Å². The number of carbonyl (C=O) groups is 1. The Bertz CT molecular complexity index is 407. The first-order valence-electron chi connectivity index (χ1n) is 5.34. The highest BCUT2D eigenvalue weighted by molar-refractivity contribution is 5.94. The number of aryl methyl sites for hydroxylation is 2. The summed E-state index contributed by atoms with van der Waals surface area (Å²) >= 11 is 0. The van der Waals surface area contributed by atoms with Crippen LogP contribution in [0.15, 0.2) is 0 Å². The van der Waals surface area contributed by atoms with Crippen LogP contribution in [0.4, 0.5) is 5.82 Å². The highest BCUT2D eigenvalue weighted by Gasteiger charge is 2.24. The second kappa shape index (κ2) is 4.13. The van der Waals surface area contributed by atoms with E-state index in [1.54, 1.807) is 18.7 Å². The molecule has 1 saturated heterocycles. The maximum absolute atomic E-state index is 11.2. The number of hydrogen-bond acceptors (Lipinski definition) is 4. The Hall–Kier alpha value is -1.56. The molecule has 2 N–H and O–H groups in total. The first-order valence-corrected chi connectivity index (χ1v) is 5.34. The minimum atomic E-state index is -0.904. The molecule has 0 aromatic carbocycles. The van der Waals surface area contributed by atoms with Crippen LogP contribution < -0.4 is 10.2 Å². The summed E-state index contributed by atoms with van der Waals surface area (Å²) in [7, 11) is 1.79. The van der Waals surface area contributed by atoms with Crippen LogP contribution in [-0.2, 0) is 7.05 Å². The largest absolute Gasteiger partial charge is 0.477 e. The SMILES string of the molecule is Cc1nn(C)c(N2CCNCC2)c1C(=O)O. The molecule has 2 heterocycles. The summed E-state index contributed by atoms with van der Waals surface area (Å²) in [5, 5.41) is 16.6. The van der Waals surface area contributed by atoms with E-state index < -0.39 is 5.97 Å². The third kappa shape index (κ3) is 1.76. The van der Waals surface area contributed by atoms with Gasteiger partial charge in [0.2, 0.25) is 0 Å². The molecule has 1 fully saturated rings. The number of aromatic nitrogens is 2. The van der Waals surface area contributed by atoms with Crippen molar-refractivity contribution in [3.63, 3.8) is 0 Å².